The molecule has 0 saturated heterocycles. The lowest BCUT2D eigenvalue weighted by atomic mass is 10.0. The van der Waals surface area contributed by atoms with Gasteiger partial charge in [0.1, 0.15) is 5.76 Å². The molecule has 6 nitrogen and oxygen atoms in total. The highest BCUT2D eigenvalue weighted by molar-refractivity contribution is 8.03. The number of ether oxygens (including phenoxy) is 2. The van der Waals surface area contributed by atoms with Gasteiger partial charge >= 0.3 is 11.9 Å². The summed E-state index contributed by atoms with van der Waals surface area (Å²) in [6, 6.07) is 10.3. The summed E-state index contributed by atoms with van der Waals surface area (Å²) in [6.45, 7) is 1.93. The lowest BCUT2D eigenvalue weighted by Crippen LogP contribution is -2.14. The third kappa shape index (κ3) is 11.3. The van der Waals surface area contributed by atoms with E-state index in [2.05, 4.69) is 16.9 Å². The number of unbranched alkanes of at least 4 members (excludes halogenated alkanes) is 3. The van der Waals surface area contributed by atoms with Gasteiger partial charge in [0.2, 0.25) is 0 Å². The van der Waals surface area contributed by atoms with Crippen LogP contribution in [0.4, 0.5) is 0 Å². The molecule has 0 aromatic heterocycles. The quantitative estimate of drug-likeness (QED) is 0.155. The second kappa shape index (κ2) is 17.4. The van der Waals surface area contributed by atoms with Gasteiger partial charge in [-0.05, 0) is 49.8 Å². The van der Waals surface area contributed by atoms with E-state index >= 15 is 0 Å². The molecule has 36 heavy (non-hydrogen) atoms. The molecule has 0 fully saturated rings. The number of aliphatic hydroxyl groups is 2. The van der Waals surface area contributed by atoms with E-state index in [-0.39, 0.29) is 17.9 Å². The van der Waals surface area contributed by atoms with Crippen LogP contribution in [-0.4, -0.2) is 47.2 Å². The Morgan fingerprint density at radius 2 is 1.86 bits per heavy atom. The van der Waals surface area contributed by atoms with Crippen LogP contribution in [0.1, 0.15) is 76.7 Å². The Kier molecular flexibility index (Phi) is 14.5. The predicted molar refractivity (Wildman–Crippen MR) is 144 cm³/mol. The molecule has 200 valence electrons. The number of aliphatic hydroxyl groups excluding tert-OH is 2. The topological polar surface area (TPSA) is 93.1 Å². The minimum atomic E-state index is -0.683. The first kappa shape index (κ1) is 30.1. The molecule has 1 unspecified atom stereocenters. The van der Waals surface area contributed by atoms with Crippen molar-refractivity contribution >= 4 is 23.7 Å². The van der Waals surface area contributed by atoms with Gasteiger partial charge in [0.25, 0.3) is 0 Å². The first-order valence-electron chi connectivity index (χ1n) is 13.2. The van der Waals surface area contributed by atoms with Gasteiger partial charge in [-0.2, -0.15) is 0 Å². The summed E-state index contributed by atoms with van der Waals surface area (Å²) in [4.78, 5) is 24.3. The number of aryl methyl sites for hydroxylation is 1. The number of carbonyl (C=O) groups excluding carboxylic acids is 2. The summed E-state index contributed by atoms with van der Waals surface area (Å²) < 4.78 is 10.3. The maximum Gasteiger partial charge on any atom is 0.310 e. The van der Waals surface area contributed by atoms with Gasteiger partial charge in [-0.15, -0.1) is 11.8 Å². The zero-order valence-corrected chi connectivity index (χ0v) is 22.5. The summed E-state index contributed by atoms with van der Waals surface area (Å²) in [5, 5.41) is 21.2. The van der Waals surface area contributed by atoms with E-state index in [1.54, 1.807) is 17.8 Å². The Labute approximate surface area is 220 Å². The van der Waals surface area contributed by atoms with Gasteiger partial charge in [0, 0.05) is 30.1 Å². The van der Waals surface area contributed by atoms with Crippen molar-refractivity contribution in [2.75, 3.05) is 12.9 Å². The smallest absolute Gasteiger partial charge is 0.310 e. The molecule has 0 aliphatic heterocycles. The Hall–Kier alpha value is -2.09. The molecule has 0 bridgehead atoms. The summed E-state index contributed by atoms with van der Waals surface area (Å²) >= 11 is 1.59. The van der Waals surface area contributed by atoms with Gasteiger partial charge in [-0.1, -0.05) is 62.2 Å². The fraction of sp³-hybridized carbons (Fsp3) is 0.586. The normalized spacial score (nSPS) is 18.6. The van der Waals surface area contributed by atoms with Gasteiger partial charge in [-0.25, -0.2) is 0 Å². The number of carbonyl (C=O) groups is 2. The molecule has 7 heteroatoms. The molecule has 1 aromatic rings. The van der Waals surface area contributed by atoms with E-state index in [0.29, 0.717) is 37.9 Å². The lowest BCUT2D eigenvalue weighted by Gasteiger charge is -2.15. The van der Waals surface area contributed by atoms with Crippen molar-refractivity contribution in [2.24, 2.45) is 5.92 Å². The average Bonchev–Trinajstić information content (AvgIpc) is 3.16. The Morgan fingerprint density at radius 1 is 1.08 bits per heavy atom. The molecule has 0 heterocycles. The Bertz CT molecular complexity index is 851. The highest BCUT2D eigenvalue weighted by Gasteiger charge is 2.34. The highest BCUT2D eigenvalue weighted by atomic mass is 32.2. The van der Waals surface area contributed by atoms with Crippen LogP contribution in [-0.2, 0) is 25.5 Å². The first-order valence-corrected chi connectivity index (χ1v) is 14.1. The molecular weight excluding hydrogens is 476 g/mol. The van der Waals surface area contributed by atoms with Crippen molar-refractivity contribution in [3.05, 3.63) is 58.7 Å². The first-order chi connectivity index (χ1) is 17.4. The Morgan fingerprint density at radius 3 is 2.58 bits per heavy atom. The van der Waals surface area contributed by atoms with E-state index in [1.807, 2.05) is 31.2 Å². The molecule has 0 saturated carbocycles. The highest BCUT2D eigenvalue weighted by Crippen LogP contribution is 2.41. The van der Waals surface area contributed by atoms with E-state index in [0.717, 1.165) is 49.2 Å². The number of thioether (sulfide) groups is 1. The van der Waals surface area contributed by atoms with Gasteiger partial charge < -0.3 is 19.7 Å². The van der Waals surface area contributed by atoms with Gasteiger partial charge in [-0.3, -0.25) is 9.59 Å². The predicted octanol–water partition coefficient (Wildman–Crippen LogP) is 5.72. The van der Waals surface area contributed by atoms with Crippen molar-refractivity contribution < 1.29 is 29.3 Å². The van der Waals surface area contributed by atoms with Crippen molar-refractivity contribution in [1.29, 1.82) is 0 Å². The summed E-state index contributed by atoms with van der Waals surface area (Å²) in [5.74, 6) is 0.572. The maximum absolute atomic E-state index is 12.1. The van der Waals surface area contributed by atoms with Crippen LogP contribution in [0.3, 0.4) is 0 Å². The SMILES string of the molecule is CCCC(=O)OC1=C(SCCCCCC(=O)OC)[C@@H](/C=C/C(O)CCCCc2ccccc2)[C@H](O)C1. The minimum Gasteiger partial charge on any atom is -0.469 e. The van der Waals surface area contributed by atoms with Crippen molar-refractivity contribution in [1.82, 2.24) is 0 Å². The van der Waals surface area contributed by atoms with Crippen molar-refractivity contribution in [2.45, 2.75) is 89.8 Å². The third-order valence-corrected chi connectivity index (χ3v) is 7.49. The summed E-state index contributed by atoms with van der Waals surface area (Å²) in [6.07, 6.45) is 10.3. The number of rotatable bonds is 17. The fourth-order valence-corrected chi connectivity index (χ4v) is 5.44. The van der Waals surface area contributed by atoms with E-state index in [9.17, 15) is 19.8 Å². The largest absolute Gasteiger partial charge is 0.469 e. The Balaban J connectivity index is 1.89. The van der Waals surface area contributed by atoms with Crippen molar-refractivity contribution in [3.8, 4) is 0 Å². The number of benzene rings is 1. The number of methoxy groups -OCH3 is 1. The molecule has 0 radical (unpaired) electrons. The fourth-order valence-electron chi connectivity index (χ4n) is 4.16. The summed E-state index contributed by atoms with van der Waals surface area (Å²) in [5.41, 5.74) is 1.30. The van der Waals surface area contributed by atoms with Crippen molar-refractivity contribution in [3.63, 3.8) is 0 Å². The van der Waals surface area contributed by atoms with Crippen LogP contribution >= 0.6 is 11.8 Å². The monoisotopic (exact) mass is 518 g/mol. The number of hydrogen-bond acceptors (Lipinski definition) is 7. The molecule has 1 aliphatic carbocycles. The van der Waals surface area contributed by atoms with Crippen LogP contribution in [0, 0.1) is 5.92 Å². The maximum atomic E-state index is 12.1. The zero-order valence-electron chi connectivity index (χ0n) is 21.7. The molecule has 2 rings (SSSR count). The molecular formula is C29H42O6S. The number of hydrogen-bond donors (Lipinski definition) is 2. The molecule has 2 N–H and O–H groups in total. The standard InChI is InChI=1S/C29H42O6S/c1-3-12-28(33)35-26-21-25(31)24(29(26)36-20-11-5-8-17-27(32)34-2)19-18-23(30)16-10-9-15-22-13-6-4-7-14-22/h4,6-7,13-14,18-19,23-25,30-31H,3,5,8-12,15-17,20-21H2,1-2H3/b19-18+/t23?,24-,25+/m0/s1. The number of esters is 2. The molecule has 0 spiro atoms. The van der Waals surface area contributed by atoms with Gasteiger partial charge in [0.05, 0.1) is 19.3 Å². The van der Waals surface area contributed by atoms with E-state index < -0.39 is 12.2 Å². The van der Waals surface area contributed by atoms with Crippen LogP contribution < -0.4 is 0 Å². The second-order valence-corrected chi connectivity index (χ2v) is 10.4. The lowest BCUT2D eigenvalue weighted by molar-refractivity contribution is -0.141. The minimum absolute atomic E-state index is 0.196. The van der Waals surface area contributed by atoms with E-state index in [4.69, 9.17) is 4.74 Å². The molecule has 3 atom stereocenters. The molecule has 1 aromatic carbocycles. The van der Waals surface area contributed by atoms with Crippen LogP contribution in [0.5, 0.6) is 0 Å². The zero-order chi connectivity index (χ0) is 26.2. The second-order valence-electron chi connectivity index (χ2n) is 9.23. The van der Waals surface area contributed by atoms with Gasteiger partial charge in [0.15, 0.2) is 0 Å². The molecule has 1 aliphatic rings. The third-order valence-electron chi connectivity index (χ3n) is 6.19. The average molecular weight is 519 g/mol. The van der Waals surface area contributed by atoms with Crippen LogP contribution in [0.15, 0.2) is 53.1 Å². The summed E-state index contributed by atoms with van der Waals surface area (Å²) in [7, 11) is 1.40. The van der Waals surface area contributed by atoms with Crippen LogP contribution in [0.25, 0.3) is 0 Å². The molecule has 0 amide bonds. The van der Waals surface area contributed by atoms with E-state index in [1.165, 1.54) is 12.7 Å². The van der Waals surface area contributed by atoms with Crippen LogP contribution in [0.2, 0.25) is 0 Å².